The van der Waals surface area contributed by atoms with Crippen LogP contribution >= 0.6 is 0 Å². The second-order valence-electron chi connectivity index (χ2n) is 7.10. The monoisotopic (exact) mass is 398 g/mol. The summed E-state index contributed by atoms with van der Waals surface area (Å²) in [5.74, 6) is 1.00. The molecule has 0 aliphatic rings. The summed E-state index contributed by atoms with van der Waals surface area (Å²) in [6, 6.07) is 20.1. The molecule has 30 heavy (non-hydrogen) atoms. The van der Waals surface area contributed by atoms with E-state index in [9.17, 15) is 10.2 Å². The fourth-order valence-corrected chi connectivity index (χ4v) is 3.31. The molecule has 0 amide bonds. The lowest BCUT2D eigenvalue weighted by Crippen LogP contribution is -1.94. The van der Waals surface area contributed by atoms with E-state index in [1.165, 1.54) is 0 Å². The van der Waals surface area contributed by atoms with Gasteiger partial charge in [0.2, 0.25) is 0 Å². The molecule has 4 aromatic rings. The second-order valence-corrected chi connectivity index (χ2v) is 7.10. The molecule has 5 nitrogen and oxygen atoms in total. The molecule has 2 N–H and O–H groups in total. The number of phenolic OH excluding ortho intramolecular Hbond substituents is 2. The quantitative estimate of drug-likeness (QED) is 0.474. The van der Waals surface area contributed by atoms with Crippen LogP contribution in [0.4, 0.5) is 0 Å². The molecule has 4 rings (SSSR count). The normalized spacial score (nSPS) is 10.8. The molecule has 5 heteroatoms. The van der Waals surface area contributed by atoms with E-state index in [4.69, 9.17) is 14.7 Å². The first-order chi connectivity index (χ1) is 14.5. The molecule has 0 unspecified atom stereocenters. The number of hydrogen-bond donors (Lipinski definition) is 2. The van der Waals surface area contributed by atoms with Crippen molar-refractivity contribution in [1.82, 2.24) is 9.97 Å². The summed E-state index contributed by atoms with van der Waals surface area (Å²) in [7, 11) is 1.58. The average molecular weight is 398 g/mol. The van der Waals surface area contributed by atoms with Gasteiger partial charge in [0.1, 0.15) is 17.2 Å². The average Bonchev–Trinajstić information content (AvgIpc) is 2.78. The number of benzene rings is 2. The Hall–Kier alpha value is -3.86. The third-order valence-electron chi connectivity index (χ3n) is 5.22. The Morgan fingerprint density at radius 1 is 0.700 bits per heavy atom. The van der Waals surface area contributed by atoms with Gasteiger partial charge >= 0.3 is 0 Å². The van der Waals surface area contributed by atoms with Crippen molar-refractivity contribution < 1.29 is 14.9 Å². The molecule has 2 aromatic heterocycles. The Morgan fingerprint density at radius 3 is 1.93 bits per heavy atom. The van der Waals surface area contributed by atoms with Crippen molar-refractivity contribution in [2.75, 3.05) is 7.11 Å². The number of methoxy groups -OCH3 is 1. The molecule has 150 valence electrons. The van der Waals surface area contributed by atoms with Crippen LogP contribution in [0.15, 0.2) is 66.7 Å². The minimum absolute atomic E-state index is 0.127. The molecule has 0 aliphatic heterocycles. The number of aromatic nitrogens is 2. The molecule has 2 aromatic carbocycles. The van der Waals surface area contributed by atoms with Gasteiger partial charge in [0, 0.05) is 11.1 Å². The van der Waals surface area contributed by atoms with E-state index >= 15 is 0 Å². The van der Waals surface area contributed by atoms with E-state index in [0.717, 1.165) is 11.1 Å². The van der Waals surface area contributed by atoms with Crippen LogP contribution < -0.4 is 4.74 Å². The Balaban J connectivity index is 1.77. The molecule has 0 spiro atoms. The van der Waals surface area contributed by atoms with Crippen molar-refractivity contribution in [3.8, 4) is 51.2 Å². The molecular formula is C25H22N2O3. The third kappa shape index (κ3) is 3.57. The van der Waals surface area contributed by atoms with Gasteiger partial charge in [0.15, 0.2) is 0 Å². The number of aromatic hydroxyl groups is 2. The van der Waals surface area contributed by atoms with Gasteiger partial charge in [-0.3, -0.25) is 0 Å². The van der Waals surface area contributed by atoms with Gasteiger partial charge in [0.25, 0.3) is 0 Å². The predicted molar refractivity (Wildman–Crippen MR) is 118 cm³/mol. The van der Waals surface area contributed by atoms with Crippen LogP contribution in [0.1, 0.15) is 11.1 Å². The smallest absolute Gasteiger partial charge is 0.128 e. The molecule has 2 heterocycles. The molecule has 0 saturated heterocycles. The minimum atomic E-state index is 0.127. The van der Waals surface area contributed by atoms with Gasteiger partial charge in [-0.25, -0.2) is 9.97 Å². The minimum Gasteiger partial charge on any atom is -0.507 e. The maximum atomic E-state index is 10.6. The summed E-state index contributed by atoms with van der Waals surface area (Å²) in [5.41, 5.74) is 5.76. The summed E-state index contributed by atoms with van der Waals surface area (Å²) in [4.78, 5) is 9.42. The summed E-state index contributed by atoms with van der Waals surface area (Å²) in [6.07, 6.45) is 0. The van der Waals surface area contributed by atoms with Gasteiger partial charge in [-0.2, -0.15) is 0 Å². The zero-order valence-corrected chi connectivity index (χ0v) is 17.0. The van der Waals surface area contributed by atoms with Crippen LogP contribution in [-0.2, 0) is 0 Å². The summed E-state index contributed by atoms with van der Waals surface area (Å²) in [6.45, 7) is 3.86. The lowest BCUT2D eigenvalue weighted by Gasteiger charge is -2.11. The van der Waals surface area contributed by atoms with Crippen LogP contribution in [0.3, 0.4) is 0 Å². The van der Waals surface area contributed by atoms with Gasteiger partial charge in [-0.1, -0.05) is 18.2 Å². The Bertz CT molecular complexity index is 1230. The van der Waals surface area contributed by atoms with Gasteiger partial charge in [-0.15, -0.1) is 0 Å². The number of ether oxygens (including phenoxy) is 1. The maximum absolute atomic E-state index is 10.6. The summed E-state index contributed by atoms with van der Waals surface area (Å²) in [5, 5.41) is 20.8. The Labute approximate surface area is 175 Å². The number of pyridine rings is 2. The van der Waals surface area contributed by atoms with E-state index < -0.39 is 0 Å². The van der Waals surface area contributed by atoms with Crippen molar-refractivity contribution in [2.45, 2.75) is 13.8 Å². The predicted octanol–water partition coefficient (Wildman–Crippen LogP) is 5.51. The first-order valence-electron chi connectivity index (χ1n) is 9.59. The Morgan fingerprint density at radius 2 is 1.30 bits per heavy atom. The maximum Gasteiger partial charge on any atom is 0.128 e. The Kier molecular flexibility index (Phi) is 5.11. The highest BCUT2D eigenvalue weighted by Gasteiger charge is 2.13. The van der Waals surface area contributed by atoms with Crippen LogP contribution in [-0.4, -0.2) is 27.3 Å². The molecule has 0 bridgehead atoms. The number of aryl methyl sites for hydroxylation is 1. The molecule has 0 fully saturated rings. The molecule has 0 atom stereocenters. The van der Waals surface area contributed by atoms with Crippen molar-refractivity contribution in [3.63, 3.8) is 0 Å². The summed E-state index contributed by atoms with van der Waals surface area (Å²) >= 11 is 0. The topological polar surface area (TPSA) is 75.5 Å². The highest BCUT2D eigenvalue weighted by atomic mass is 16.5. The fourth-order valence-electron chi connectivity index (χ4n) is 3.31. The van der Waals surface area contributed by atoms with Crippen molar-refractivity contribution in [3.05, 3.63) is 77.9 Å². The van der Waals surface area contributed by atoms with Crippen molar-refractivity contribution in [1.29, 1.82) is 0 Å². The fraction of sp³-hybridized carbons (Fsp3) is 0.120. The van der Waals surface area contributed by atoms with Gasteiger partial charge in [-0.05, 0) is 73.5 Å². The van der Waals surface area contributed by atoms with E-state index in [2.05, 4.69) is 0 Å². The largest absolute Gasteiger partial charge is 0.507 e. The number of rotatable bonds is 4. The van der Waals surface area contributed by atoms with Crippen LogP contribution in [0.2, 0.25) is 0 Å². The van der Waals surface area contributed by atoms with Crippen molar-refractivity contribution in [2.24, 2.45) is 0 Å². The SMILES string of the molecule is COc1ccc(O)c(-c2cccc(-c3cccc(-c4ccc(C)c(C)c4O)n3)n2)c1. The molecule has 0 aliphatic carbocycles. The van der Waals surface area contributed by atoms with Crippen molar-refractivity contribution >= 4 is 0 Å². The lowest BCUT2D eigenvalue weighted by molar-refractivity contribution is 0.412. The van der Waals surface area contributed by atoms with Gasteiger partial charge < -0.3 is 14.9 Å². The van der Waals surface area contributed by atoms with E-state index in [1.807, 2.05) is 62.4 Å². The van der Waals surface area contributed by atoms with Crippen LogP contribution in [0, 0.1) is 13.8 Å². The molecule has 0 radical (unpaired) electrons. The second kappa shape index (κ2) is 7.87. The highest BCUT2D eigenvalue weighted by molar-refractivity contribution is 5.73. The highest BCUT2D eigenvalue weighted by Crippen LogP contribution is 2.35. The van der Waals surface area contributed by atoms with Crippen LogP contribution in [0.5, 0.6) is 17.2 Å². The first kappa shape index (κ1) is 19.5. The lowest BCUT2D eigenvalue weighted by atomic mass is 10.0. The number of hydrogen-bond acceptors (Lipinski definition) is 5. The van der Waals surface area contributed by atoms with E-state index in [0.29, 0.717) is 39.7 Å². The zero-order valence-electron chi connectivity index (χ0n) is 17.0. The standard InChI is InChI=1S/C25H22N2O3/c1-15-10-12-18(25(29)16(15)2)20-6-4-8-22(26-20)23-9-5-7-21(27-23)19-14-17(30-3)11-13-24(19)28/h4-14,28-29H,1-3H3. The summed E-state index contributed by atoms with van der Waals surface area (Å²) < 4.78 is 5.27. The van der Waals surface area contributed by atoms with E-state index in [-0.39, 0.29) is 11.5 Å². The number of nitrogens with zero attached hydrogens (tertiary/aromatic N) is 2. The van der Waals surface area contributed by atoms with E-state index in [1.54, 1.807) is 25.3 Å². The zero-order chi connectivity index (χ0) is 21.3. The number of phenols is 2. The molecule has 0 saturated carbocycles. The third-order valence-corrected chi connectivity index (χ3v) is 5.22. The van der Waals surface area contributed by atoms with Gasteiger partial charge in [0.05, 0.1) is 29.9 Å². The first-order valence-corrected chi connectivity index (χ1v) is 9.59. The van der Waals surface area contributed by atoms with Crippen LogP contribution in [0.25, 0.3) is 33.9 Å². The molecular weight excluding hydrogens is 376 g/mol.